The maximum Gasteiger partial charge on any atom is 0.224 e. The summed E-state index contributed by atoms with van der Waals surface area (Å²) in [7, 11) is 0. The van der Waals surface area contributed by atoms with E-state index in [2.05, 4.69) is 25.9 Å². The van der Waals surface area contributed by atoms with E-state index in [1.165, 1.54) is 4.34 Å². The van der Waals surface area contributed by atoms with Crippen LogP contribution < -0.4 is 5.32 Å². The van der Waals surface area contributed by atoms with Crippen LogP contribution in [-0.2, 0) is 11.2 Å². The summed E-state index contributed by atoms with van der Waals surface area (Å²) in [6, 6.07) is 0.305. The Morgan fingerprint density at radius 1 is 1.33 bits per heavy atom. The number of aryl methyl sites for hydroxylation is 3. The highest BCUT2D eigenvalue weighted by molar-refractivity contribution is 8.01. The van der Waals surface area contributed by atoms with Gasteiger partial charge in [-0.1, -0.05) is 11.8 Å². The molecule has 0 aliphatic heterocycles. The molecule has 1 aliphatic carbocycles. The fraction of sp³-hybridized carbons (Fsp3) is 0.588. The molecule has 2 N–H and O–H groups in total. The molecule has 24 heavy (non-hydrogen) atoms. The lowest BCUT2D eigenvalue weighted by molar-refractivity contribution is -0.121. The molecule has 0 unspecified atom stereocenters. The van der Waals surface area contributed by atoms with E-state index < -0.39 is 0 Å². The lowest BCUT2D eigenvalue weighted by Gasteiger charge is -2.28. The molecule has 1 amide bonds. The Morgan fingerprint density at radius 3 is 2.67 bits per heavy atom. The molecule has 0 spiro atoms. The second kappa shape index (κ2) is 7.70. The minimum Gasteiger partial charge on any atom is -0.353 e. The minimum atomic E-state index is 0.106. The Kier molecular flexibility index (Phi) is 5.61. The standard InChI is InChI=1S/C17H24N4OS2/c1-10-9-23-17(18-10)24-14-6-4-13(5-7-14)19-16(22)8-15-11(2)20-21-12(15)3/h9,13-14H,4-8H2,1-3H3,(H,19,22)(H,20,21). The number of aromatic amines is 1. The Balaban J connectivity index is 1.44. The summed E-state index contributed by atoms with van der Waals surface area (Å²) in [5.74, 6) is 0.106. The zero-order chi connectivity index (χ0) is 17.1. The lowest BCUT2D eigenvalue weighted by Crippen LogP contribution is -2.39. The van der Waals surface area contributed by atoms with Gasteiger partial charge in [0.05, 0.1) is 12.1 Å². The van der Waals surface area contributed by atoms with Crippen LogP contribution in [0.5, 0.6) is 0 Å². The second-order valence-electron chi connectivity index (χ2n) is 6.50. The van der Waals surface area contributed by atoms with Crippen LogP contribution in [0.4, 0.5) is 0 Å². The third kappa shape index (κ3) is 4.39. The largest absolute Gasteiger partial charge is 0.353 e. The monoisotopic (exact) mass is 364 g/mol. The number of thiazole rings is 1. The summed E-state index contributed by atoms with van der Waals surface area (Å²) >= 11 is 3.63. The number of thioether (sulfide) groups is 1. The van der Waals surface area contributed by atoms with E-state index >= 15 is 0 Å². The topological polar surface area (TPSA) is 70.7 Å². The van der Waals surface area contributed by atoms with Crippen molar-refractivity contribution in [3.8, 4) is 0 Å². The number of nitrogens with one attached hydrogen (secondary N) is 2. The van der Waals surface area contributed by atoms with E-state index in [1.807, 2.05) is 32.5 Å². The summed E-state index contributed by atoms with van der Waals surface area (Å²) in [4.78, 5) is 16.8. The summed E-state index contributed by atoms with van der Waals surface area (Å²) in [5.41, 5.74) is 4.03. The highest BCUT2D eigenvalue weighted by Crippen LogP contribution is 2.35. The van der Waals surface area contributed by atoms with Gasteiger partial charge < -0.3 is 5.32 Å². The van der Waals surface area contributed by atoms with E-state index in [9.17, 15) is 4.79 Å². The van der Waals surface area contributed by atoms with E-state index in [1.54, 1.807) is 11.3 Å². The zero-order valence-electron chi connectivity index (χ0n) is 14.4. The molecule has 2 aromatic rings. The average Bonchev–Trinajstić information content (AvgIpc) is 3.09. The number of rotatable bonds is 5. The van der Waals surface area contributed by atoms with Gasteiger partial charge in [0.25, 0.3) is 0 Å². The molecule has 5 nitrogen and oxygen atoms in total. The summed E-state index contributed by atoms with van der Waals surface area (Å²) < 4.78 is 1.17. The van der Waals surface area contributed by atoms with Gasteiger partial charge in [-0.15, -0.1) is 11.3 Å². The maximum absolute atomic E-state index is 12.3. The molecule has 0 radical (unpaired) electrons. The van der Waals surface area contributed by atoms with Crippen molar-refractivity contribution in [2.24, 2.45) is 0 Å². The summed E-state index contributed by atoms with van der Waals surface area (Å²) in [6.45, 7) is 5.94. The molecule has 7 heteroatoms. The number of carbonyl (C=O) groups is 1. The fourth-order valence-electron chi connectivity index (χ4n) is 3.13. The van der Waals surface area contributed by atoms with Crippen LogP contribution in [0.1, 0.15) is 48.3 Å². The summed E-state index contributed by atoms with van der Waals surface area (Å²) in [6.07, 6.45) is 4.80. The highest BCUT2D eigenvalue weighted by Gasteiger charge is 2.24. The first-order valence-corrected chi connectivity index (χ1v) is 10.2. The molecule has 0 saturated heterocycles. The number of amides is 1. The molecule has 1 aliphatic rings. The van der Waals surface area contributed by atoms with Crippen molar-refractivity contribution >= 4 is 29.0 Å². The highest BCUT2D eigenvalue weighted by atomic mass is 32.2. The average molecular weight is 365 g/mol. The van der Waals surface area contributed by atoms with Crippen molar-refractivity contribution in [2.75, 3.05) is 0 Å². The van der Waals surface area contributed by atoms with Crippen molar-refractivity contribution in [2.45, 2.75) is 68.5 Å². The van der Waals surface area contributed by atoms with E-state index in [0.29, 0.717) is 17.7 Å². The second-order valence-corrected chi connectivity index (χ2v) is 8.91. The number of hydrogen-bond donors (Lipinski definition) is 2. The van der Waals surface area contributed by atoms with Gasteiger partial charge in [0.1, 0.15) is 4.34 Å². The maximum atomic E-state index is 12.3. The number of hydrogen-bond acceptors (Lipinski definition) is 5. The van der Waals surface area contributed by atoms with Crippen molar-refractivity contribution in [1.82, 2.24) is 20.5 Å². The van der Waals surface area contributed by atoms with Crippen LogP contribution >= 0.6 is 23.1 Å². The molecule has 0 bridgehead atoms. The van der Waals surface area contributed by atoms with Crippen molar-refractivity contribution in [3.05, 3.63) is 28.0 Å². The number of carbonyl (C=O) groups excluding carboxylic acids is 1. The molecular formula is C17H24N4OS2. The van der Waals surface area contributed by atoms with Crippen LogP contribution in [0, 0.1) is 20.8 Å². The van der Waals surface area contributed by atoms with Crippen molar-refractivity contribution < 1.29 is 4.79 Å². The van der Waals surface area contributed by atoms with Gasteiger partial charge in [0, 0.05) is 33.6 Å². The van der Waals surface area contributed by atoms with Crippen LogP contribution in [0.25, 0.3) is 0 Å². The van der Waals surface area contributed by atoms with Crippen LogP contribution in [0.3, 0.4) is 0 Å². The molecule has 0 atom stereocenters. The number of H-pyrrole nitrogens is 1. The molecule has 130 valence electrons. The molecule has 1 saturated carbocycles. The van der Waals surface area contributed by atoms with Crippen LogP contribution in [-0.4, -0.2) is 32.4 Å². The van der Waals surface area contributed by atoms with E-state index in [-0.39, 0.29) is 5.91 Å². The zero-order valence-corrected chi connectivity index (χ0v) is 16.0. The van der Waals surface area contributed by atoms with Gasteiger partial charge in [-0.3, -0.25) is 9.89 Å². The smallest absolute Gasteiger partial charge is 0.224 e. The number of aromatic nitrogens is 3. The van der Waals surface area contributed by atoms with E-state index in [4.69, 9.17) is 0 Å². The quantitative estimate of drug-likeness (QED) is 0.851. The first-order chi connectivity index (χ1) is 11.5. The van der Waals surface area contributed by atoms with Crippen molar-refractivity contribution in [1.29, 1.82) is 0 Å². The molecule has 1 fully saturated rings. The van der Waals surface area contributed by atoms with Gasteiger partial charge in [-0.25, -0.2) is 4.98 Å². The first-order valence-electron chi connectivity index (χ1n) is 8.40. The summed E-state index contributed by atoms with van der Waals surface area (Å²) in [5, 5.41) is 13.0. The fourth-order valence-corrected chi connectivity index (χ4v) is 5.41. The van der Waals surface area contributed by atoms with Gasteiger partial charge >= 0.3 is 0 Å². The third-order valence-electron chi connectivity index (χ3n) is 4.52. The Hall–Kier alpha value is -1.34. The van der Waals surface area contributed by atoms with Gasteiger partial charge in [0.2, 0.25) is 5.91 Å². The van der Waals surface area contributed by atoms with Crippen LogP contribution in [0.15, 0.2) is 9.72 Å². The SMILES string of the molecule is Cc1csc(SC2CCC(NC(=O)Cc3c(C)n[nH]c3C)CC2)n1. The predicted octanol–water partition coefficient (Wildman–Crippen LogP) is 3.55. The van der Waals surface area contributed by atoms with E-state index in [0.717, 1.165) is 48.3 Å². The molecular weight excluding hydrogens is 340 g/mol. The van der Waals surface area contributed by atoms with Gasteiger partial charge in [0.15, 0.2) is 0 Å². The predicted molar refractivity (Wildman–Crippen MR) is 98.7 cm³/mol. The van der Waals surface area contributed by atoms with Crippen LogP contribution in [0.2, 0.25) is 0 Å². The first kappa shape index (κ1) is 17.5. The minimum absolute atomic E-state index is 0.106. The lowest BCUT2D eigenvalue weighted by atomic mass is 9.94. The third-order valence-corrected chi connectivity index (χ3v) is 6.95. The van der Waals surface area contributed by atoms with Gasteiger partial charge in [-0.2, -0.15) is 5.10 Å². The Bertz CT molecular complexity index is 682. The Morgan fingerprint density at radius 2 is 2.08 bits per heavy atom. The Labute approximate surface area is 151 Å². The molecule has 2 heterocycles. The van der Waals surface area contributed by atoms with Crippen molar-refractivity contribution in [3.63, 3.8) is 0 Å². The molecule has 0 aromatic carbocycles. The number of nitrogens with zero attached hydrogens (tertiary/aromatic N) is 2. The normalized spacial score (nSPS) is 21.0. The molecule has 3 rings (SSSR count). The molecule has 2 aromatic heterocycles. The van der Waals surface area contributed by atoms with Gasteiger partial charge in [-0.05, 0) is 46.5 Å².